The molecule has 1 atom stereocenters. The SMILES string of the molecule is COc1cncc(C(O)CCC2CCCC2)c1. The summed E-state index contributed by atoms with van der Waals surface area (Å²) < 4.78 is 5.11. The van der Waals surface area contributed by atoms with Gasteiger partial charge in [-0.05, 0) is 24.8 Å². The molecule has 0 saturated heterocycles. The van der Waals surface area contributed by atoms with Crippen molar-refractivity contribution in [2.75, 3.05) is 7.11 Å². The van der Waals surface area contributed by atoms with Crippen LogP contribution in [0.1, 0.15) is 50.2 Å². The Labute approximate surface area is 103 Å². The molecular weight excluding hydrogens is 214 g/mol. The molecule has 1 fully saturated rings. The number of aliphatic hydroxyl groups is 1. The number of ether oxygens (including phenoxy) is 1. The minimum absolute atomic E-state index is 0.404. The van der Waals surface area contributed by atoms with Gasteiger partial charge in [-0.2, -0.15) is 0 Å². The minimum atomic E-state index is -0.404. The molecular formula is C14H21NO2. The zero-order valence-corrected chi connectivity index (χ0v) is 10.4. The van der Waals surface area contributed by atoms with Crippen molar-refractivity contribution in [2.24, 2.45) is 5.92 Å². The summed E-state index contributed by atoms with van der Waals surface area (Å²) in [5.74, 6) is 1.53. The zero-order valence-electron chi connectivity index (χ0n) is 10.4. The van der Waals surface area contributed by atoms with E-state index in [0.717, 1.165) is 24.3 Å². The number of aliphatic hydroxyl groups excluding tert-OH is 1. The van der Waals surface area contributed by atoms with Gasteiger partial charge in [0.15, 0.2) is 0 Å². The molecule has 3 heteroatoms. The van der Waals surface area contributed by atoms with E-state index in [1.165, 1.54) is 25.7 Å². The highest BCUT2D eigenvalue weighted by atomic mass is 16.5. The lowest BCUT2D eigenvalue weighted by atomic mass is 9.97. The molecule has 1 aromatic rings. The maximum Gasteiger partial charge on any atom is 0.137 e. The van der Waals surface area contributed by atoms with Gasteiger partial charge in [-0.1, -0.05) is 25.7 Å². The van der Waals surface area contributed by atoms with Gasteiger partial charge < -0.3 is 9.84 Å². The molecule has 0 aromatic carbocycles. The lowest BCUT2D eigenvalue weighted by Gasteiger charge is -2.14. The van der Waals surface area contributed by atoms with Gasteiger partial charge in [0, 0.05) is 11.8 Å². The molecule has 1 N–H and O–H groups in total. The Balaban J connectivity index is 1.87. The van der Waals surface area contributed by atoms with Crippen molar-refractivity contribution in [1.29, 1.82) is 0 Å². The molecule has 0 spiro atoms. The Bertz CT molecular complexity index is 348. The number of nitrogens with zero attached hydrogens (tertiary/aromatic N) is 1. The molecule has 1 aliphatic carbocycles. The van der Waals surface area contributed by atoms with Crippen LogP contribution in [0.15, 0.2) is 18.5 Å². The van der Waals surface area contributed by atoms with Crippen LogP contribution in [0.2, 0.25) is 0 Å². The number of pyridine rings is 1. The molecule has 1 aliphatic rings. The van der Waals surface area contributed by atoms with Gasteiger partial charge in [-0.3, -0.25) is 4.98 Å². The van der Waals surface area contributed by atoms with E-state index in [9.17, 15) is 5.11 Å². The average molecular weight is 235 g/mol. The van der Waals surface area contributed by atoms with Gasteiger partial charge in [0.2, 0.25) is 0 Å². The highest BCUT2D eigenvalue weighted by molar-refractivity contribution is 5.24. The third-order valence-corrected chi connectivity index (χ3v) is 3.68. The Morgan fingerprint density at radius 1 is 1.41 bits per heavy atom. The van der Waals surface area contributed by atoms with E-state index in [-0.39, 0.29) is 0 Å². The third kappa shape index (κ3) is 3.43. The minimum Gasteiger partial charge on any atom is -0.495 e. The van der Waals surface area contributed by atoms with Gasteiger partial charge in [0.1, 0.15) is 5.75 Å². The normalized spacial score (nSPS) is 18.2. The topological polar surface area (TPSA) is 42.4 Å². The average Bonchev–Trinajstić information content (AvgIpc) is 2.89. The van der Waals surface area contributed by atoms with Crippen LogP contribution in [0.4, 0.5) is 0 Å². The molecule has 0 bridgehead atoms. The Morgan fingerprint density at radius 2 is 2.18 bits per heavy atom. The maximum atomic E-state index is 10.1. The summed E-state index contributed by atoms with van der Waals surface area (Å²) in [6.07, 6.45) is 10.3. The quantitative estimate of drug-likeness (QED) is 0.852. The Morgan fingerprint density at radius 3 is 2.88 bits per heavy atom. The standard InChI is InChI=1S/C14H21NO2/c1-17-13-8-12(9-15-10-13)14(16)7-6-11-4-2-3-5-11/h8-11,14,16H,2-7H2,1H3. The molecule has 0 amide bonds. The summed E-state index contributed by atoms with van der Waals surface area (Å²) in [5.41, 5.74) is 0.863. The van der Waals surface area contributed by atoms with E-state index in [1.807, 2.05) is 6.07 Å². The largest absolute Gasteiger partial charge is 0.495 e. The fourth-order valence-corrected chi connectivity index (χ4v) is 2.59. The number of aromatic nitrogens is 1. The summed E-state index contributed by atoms with van der Waals surface area (Å²) in [4.78, 5) is 4.07. The Hall–Kier alpha value is -1.09. The van der Waals surface area contributed by atoms with Crippen LogP contribution in [0.5, 0.6) is 5.75 Å². The van der Waals surface area contributed by atoms with Gasteiger partial charge in [-0.15, -0.1) is 0 Å². The zero-order chi connectivity index (χ0) is 12.1. The molecule has 0 aliphatic heterocycles. The fourth-order valence-electron chi connectivity index (χ4n) is 2.59. The maximum absolute atomic E-state index is 10.1. The van der Waals surface area contributed by atoms with E-state index in [4.69, 9.17) is 4.74 Å². The fraction of sp³-hybridized carbons (Fsp3) is 0.643. The van der Waals surface area contributed by atoms with E-state index in [1.54, 1.807) is 19.5 Å². The highest BCUT2D eigenvalue weighted by Crippen LogP contribution is 2.31. The number of hydrogen-bond donors (Lipinski definition) is 1. The lowest BCUT2D eigenvalue weighted by Crippen LogP contribution is -2.02. The smallest absolute Gasteiger partial charge is 0.137 e. The summed E-state index contributed by atoms with van der Waals surface area (Å²) in [7, 11) is 1.62. The number of hydrogen-bond acceptors (Lipinski definition) is 3. The molecule has 0 radical (unpaired) electrons. The van der Waals surface area contributed by atoms with Crippen molar-refractivity contribution in [1.82, 2.24) is 4.98 Å². The van der Waals surface area contributed by atoms with Crippen LogP contribution in [0, 0.1) is 5.92 Å². The van der Waals surface area contributed by atoms with Crippen molar-refractivity contribution in [3.63, 3.8) is 0 Å². The van der Waals surface area contributed by atoms with Gasteiger partial charge in [0.05, 0.1) is 19.4 Å². The Kier molecular flexibility index (Phi) is 4.37. The molecule has 2 rings (SSSR count). The van der Waals surface area contributed by atoms with Crippen LogP contribution in [-0.4, -0.2) is 17.2 Å². The second kappa shape index (κ2) is 6.01. The van der Waals surface area contributed by atoms with E-state index >= 15 is 0 Å². The van der Waals surface area contributed by atoms with Gasteiger partial charge >= 0.3 is 0 Å². The second-order valence-corrected chi connectivity index (χ2v) is 4.90. The van der Waals surface area contributed by atoms with Crippen LogP contribution >= 0.6 is 0 Å². The summed E-state index contributed by atoms with van der Waals surface area (Å²) in [6.45, 7) is 0. The monoisotopic (exact) mass is 235 g/mol. The molecule has 1 heterocycles. The first-order valence-electron chi connectivity index (χ1n) is 6.46. The summed E-state index contributed by atoms with van der Waals surface area (Å²) in [5, 5.41) is 10.1. The molecule has 1 unspecified atom stereocenters. The van der Waals surface area contributed by atoms with E-state index in [2.05, 4.69) is 4.98 Å². The first-order chi connectivity index (χ1) is 8.29. The van der Waals surface area contributed by atoms with E-state index < -0.39 is 6.10 Å². The van der Waals surface area contributed by atoms with Crippen molar-refractivity contribution in [2.45, 2.75) is 44.6 Å². The number of rotatable bonds is 5. The summed E-state index contributed by atoms with van der Waals surface area (Å²) >= 11 is 0. The van der Waals surface area contributed by atoms with Crippen LogP contribution in [-0.2, 0) is 0 Å². The molecule has 3 nitrogen and oxygen atoms in total. The molecule has 1 saturated carbocycles. The first-order valence-corrected chi connectivity index (χ1v) is 6.46. The predicted octanol–water partition coefficient (Wildman–Crippen LogP) is 3.09. The van der Waals surface area contributed by atoms with Gasteiger partial charge in [-0.25, -0.2) is 0 Å². The van der Waals surface area contributed by atoms with Crippen molar-refractivity contribution in [3.05, 3.63) is 24.0 Å². The third-order valence-electron chi connectivity index (χ3n) is 3.68. The summed E-state index contributed by atoms with van der Waals surface area (Å²) in [6, 6.07) is 1.87. The first kappa shape index (κ1) is 12.4. The van der Waals surface area contributed by atoms with Gasteiger partial charge in [0.25, 0.3) is 0 Å². The van der Waals surface area contributed by atoms with Crippen LogP contribution in [0.25, 0.3) is 0 Å². The molecule has 17 heavy (non-hydrogen) atoms. The predicted molar refractivity (Wildman–Crippen MR) is 66.9 cm³/mol. The van der Waals surface area contributed by atoms with Crippen LogP contribution < -0.4 is 4.74 Å². The van der Waals surface area contributed by atoms with Crippen molar-refractivity contribution < 1.29 is 9.84 Å². The van der Waals surface area contributed by atoms with Crippen molar-refractivity contribution >= 4 is 0 Å². The van der Waals surface area contributed by atoms with Crippen LogP contribution in [0.3, 0.4) is 0 Å². The number of methoxy groups -OCH3 is 1. The highest BCUT2D eigenvalue weighted by Gasteiger charge is 2.17. The molecule has 94 valence electrons. The van der Waals surface area contributed by atoms with E-state index in [0.29, 0.717) is 5.75 Å². The second-order valence-electron chi connectivity index (χ2n) is 4.90. The molecule has 1 aromatic heterocycles. The van der Waals surface area contributed by atoms with Crippen molar-refractivity contribution in [3.8, 4) is 5.75 Å². The lowest BCUT2D eigenvalue weighted by molar-refractivity contribution is 0.156.